The average molecular weight is 265 g/mol. The van der Waals surface area contributed by atoms with Crippen molar-refractivity contribution in [3.05, 3.63) is 23.8 Å². The second-order valence-electron chi connectivity index (χ2n) is 4.41. The van der Waals surface area contributed by atoms with Crippen molar-refractivity contribution in [3.8, 4) is 11.5 Å². The van der Waals surface area contributed by atoms with Gasteiger partial charge in [-0.2, -0.15) is 0 Å². The van der Waals surface area contributed by atoms with Crippen LogP contribution in [0.25, 0.3) is 0 Å². The van der Waals surface area contributed by atoms with Crippen molar-refractivity contribution in [3.63, 3.8) is 0 Å². The predicted octanol–water partition coefficient (Wildman–Crippen LogP) is 1.78. The van der Waals surface area contributed by atoms with Gasteiger partial charge in [0.2, 0.25) is 0 Å². The molecule has 0 heterocycles. The number of benzene rings is 1. The van der Waals surface area contributed by atoms with E-state index in [9.17, 15) is 0 Å². The van der Waals surface area contributed by atoms with Gasteiger partial charge in [0.15, 0.2) is 17.5 Å². The van der Waals surface area contributed by atoms with Crippen LogP contribution in [0, 0.1) is 0 Å². The first-order valence-corrected chi connectivity index (χ1v) is 6.28. The first kappa shape index (κ1) is 15.1. The lowest BCUT2D eigenvalue weighted by Gasteiger charge is -2.15. The molecule has 1 aromatic rings. The van der Waals surface area contributed by atoms with E-state index in [0.29, 0.717) is 12.6 Å². The highest BCUT2D eigenvalue weighted by Gasteiger charge is 2.05. The zero-order valence-electron chi connectivity index (χ0n) is 12.3. The molecular formula is C14H23N3O2. The summed E-state index contributed by atoms with van der Waals surface area (Å²) in [6.45, 7) is 4.82. The molecule has 0 saturated heterocycles. The largest absolute Gasteiger partial charge is 0.493 e. The van der Waals surface area contributed by atoms with E-state index in [0.717, 1.165) is 23.0 Å². The molecule has 0 aromatic heterocycles. The van der Waals surface area contributed by atoms with Crippen molar-refractivity contribution in [2.75, 3.05) is 21.3 Å². The summed E-state index contributed by atoms with van der Waals surface area (Å²) in [6, 6.07) is 6.19. The second-order valence-corrected chi connectivity index (χ2v) is 4.41. The van der Waals surface area contributed by atoms with Crippen molar-refractivity contribution in [1.82, 2.24) is 10.6 Å². The average Bonchev–Trinajstić information content (AvgIpc) is 2.42. The monoisotopic (exact) mass is 265 g/mol. The highest BCUT2D eigenvalue weighted by molar-refractivity contribution is 5.79. The highest BCUT2D eigenvalue weighted by Crippen LogP contribution is 2.27. The van der Waals surface area contributed by atoms with Gasteiger partial charge in [-0.3, -0.25) is 4.99 Å². The van der Waals surface area contributed by atoms with Crippen LogP contribution >= 0.6 is 0 Å². The molecule has 5 heteroatoms. The molecule has 0 bridgehead atoms. The summed E-state index contributed by atoms with van der Waals surface area (Å²) >= 11 is 0. The third kappa shape index (κ3) is 4.69. The van der Waals surface area contributed by atoms with Crippen LogP contribution in [0.5, 0.6) is 11.5 Å². The molecule has 0 unspecified atom stereocenters. The Kier molecular flexibility index (Phi) is 5.99. The number of guanidine groups is 1. The number of hydrogen-bond donors (Lipinski definition) is 2. The quantitative estimate of drug-likeness (QED) is 0.629. The van der Waals surface area contributed by atoms with Gasteiger partial charge in [-0.05, 0) is 31.5 Å². The first-order valence-electron chi connectivity index (χ1n) is 6.28. The van der Waals surface area contributed by atoms with Gasteiger partial charge in [0, 0.05) is 19.6 Å². The van der Waals surface area contributed by atoms with Crippen molar-refractivity contribution >= 4 is 5.96 Å². The maximum atomic E-state index is 5.28. The van der Waals surface area contributed by atoms with Crippen LogP contribution in [0.4, 0.5) is 0 Å². The van der Waals surface area contributed by atoms with E-state index >= 15 is 0 Å². The van der Waals surface area contributed by atoms with Gasteiger partial charge in [-0.1, -0.05) is 6.07 Å². The van der Waals surface area contributed by atoms with Gasteiger partial charge in [0.1, 0.15) is 0 Å². The summed E-state index contributed by atoms with van der Waals surface area (Å²) in [6.07, 6.45) is 0. The van der Waals surface area contributed by atoms with Crippen LogP contribution in [0.15, 0.2) is 23.2 Å². The van der Waals surface area contributed by atoms with Gasteiger partial charge in [-0.15, -0.1) is 0 Å². The van der Waals surface area contributed by atoms with E-state index in [-0.39, 0.29) is 0 Å². The molecule has 1 aromatic carbocycles. The Hall–Kier alpha value is -1.91. The molecule has 19 heavy (non-hydrogen) atoms. The summed E-state index contributed by atoms with van der Waals surface area (Å²) in [5.74, 6) is 2.24. The van der Waals surface area contributed by atoms with Crippen LogP contribution in [-0.2, 0) is 6.54 Å². The zero-order valence-corrected chi connectivity index (χ0v) is 12.3. The number of aliphatic imine (C=N–C) groups is 1. The lowest BCUT2D eigenvalue weighted by molar-refractivity contribution is 0.354. The number of methoxy groups -OCH3 is 2. The van der Waals surface area contributed by atoms with E-state index in [2.05, 4.69) is 29.5 Å². The molecule has 0 amide bonds. The highest BCUT2D eigenvalue weighted by atomic mass is 16.5. The third-order valence-electron chi connectivity index (χ3n) is 2.56. The second kappa shape index (κ2) is 7.51. The number of ether oxygens (including phenoxy) is 2. The van der Waals surface area contributed by atoms with Gasteiger partial charge in [-0.25, -0.2) is 0 Å². The van der Waals surface area contributed by atoms with Crippen LogP contribution in [-0.4, -0.2) is 33.3 Å². The van der Waals surface area contributed by atoms with E-state index < -0.39 is 0 Å². The molecular weight excluding hydrogens is 242 g/mol. The Bertz CT molecular complexity index is 431. The summed E-state index contributed by atoms with van der Waals surface area (Å²) in [4.78, 5) is 4.16. The van der Waals surface area contributed by atoms with E-state index in [1.54, 1.807) is 21.3 Å². The Morgan fingerprint density at radius 1 is 1.21 bits per heavy atom. The molecule has 0 fully saturated rings. The van der Waals surface area contributed by atoms with Crippen molar-refractivity contribution < 1.29 is 9.47 Å². The minimum Gasteiger partial charge on any atom is -0.493 e. The lowest BCUT2D eigenvalue weighted by atomic mass is 10.2. The Balaban J connectivity index is 2.67. The maximum Gasteiger partial charge on any atom is 0.191 e. The number of rotatable bonds is 5. The van der Waals surface area contributed by atoms with Crippen molar-refractivity contribution in [2.24, 2.45) is 4.99 Å². The van der Waals surface area contributed by atoms with Crippen LogP contribution < -0.4 is 20.1 Å². The Morgan fingerprint density at radius 3 is 2.42 bits per heavy atom. The van der Waals surface area contributed by atoms with E-state index in [4.69, 9.17) is 9.47 Å². The Morgan fingerprint density at radius 2 is 1.89 bits per heavy atom. The Labute approximate surface area is 115 Å². The molecule has 0 aliphatic rings. The minimum absolute atomic E-state index is 0.344. The third-order valence-corrected chi connectivity index (χ3v) is 2.56. The smallest absolute Gasteiger partial charge is 0.191 e. The fourth-order valence-corrected chi connectivity index (χ4v) is 1.64. The molecule has 106 valence electrons. The molecule has 0 atom stereocenters. The van der Waals surface area contributed by atoms with Gasteiger partial charge >= 0.3 is 0 Å². The SMILES string of the molecule is CN=C(NCc1ccc(OC)c(OC)c1)NC(C)C. The topological polar surface area (TPSA) is 54.9 Å². The first-order chi connectivity index (χ1) is 9.10. The summed E-state index contributed by atoms with van der Waals surface area (Å²) < 4.78 is 10.5. The van der Waals surface area contributed by atoms with Crippen LogP contribution in [0.2, 0.25) is 0 Å². The van der Waals surface area contributed by atoms with Crippen molar-refractivity contribution in [1.29, 1.82) is 0 Å². The summed E-state index contributed by atoms with van der Waals surface area (Å²) in [5, 5.41) is 6.48. The number of nitrogens with zero attached hydrogens (tertiary/aromatic N) is 1. The molecule has 5 nitrogen and oxygen atoms in total. The lowest BCUT2D eigenvalue weighted by Crippen LogP contribution is -2.40. The van der Waals surface area contributed by atoms with Gasteiger partial charge in [0.05, 0.1) is 14.2 Å². The summed E-state index contributed by atoms with van der Waals surface area (Å²) in [5.41, 5.74) is 1.10. The molecule has 0 aliphatic carbocycles. The predicted molar refractivity (Wildman–Crippen MR) is 78.0 cm³/mol. The molecule has 0 saturated carbocycles. The van der Waals surface area contributed by atoms with Crippen LogP contribution in [0.1, 0.15) is 19.4 Å². The zero-order chi connectivity index (χ0) is 14.3. The molecule has 0 spiro atoms. The van der Waals surface area contributed by atoms with Gasteiger partial charge in [0.25, 0.3) is 0 Å². The normalized spacial score (nSPS) is 11.4. The fraction of sp³-hybridized carbons (Fsp3) is 0.500. The molecule has 0 aliphatic heterocycles. The molecule has 2 N–H and O–H groups in total. The van der Waals surface area contributed by atoms with E-state index in [1.165, 1.54) is 0 Å². The maximum absolute atomic E-state index is 5.28. The number of nitrogens with one attached hydrogen (secondary N) is 2. The standard InChI is InChI=1S/C14H23N3O2/c1-10(2)17-14(15-3)16-9-11-6-7-12(18-4)13(8-11)19-5/h6-8,10H,9H2,1-5H3,(H2,15,16,17). The van der Waals surface area contributed by atoms with Crippen molar-refractivity contribution in [2.45, 2.75) is 26.4 Å². The van der Waals surface area contributed by atoms with Gasteiger partial charge < -0.3 is 20.1 Å². The van der Waals surface area contributed by atoms with E-state index in [1.807, 2.05) is 18.2 Å². The number of hydrogen-bond acceptors (Lipinski definition) is 3. The minimum atomic E-state index is 0.344. The fourth-order valence-electron chi connectivity index (χ4n) is 1.64. The van der Waals surface area contributed by atoms with Crippen LogP contribution in [0.3, 0.4) is 0 Å². The molecule has 0 radical (unpaired) electrons. The summed E-state index contributed by atoms with van der Waals surface area (Å²) in [7, 11) is 5.02. The molecule has 1 rings (SSSR count).